The molecule has 4 rings (SSSR count). The van der Waals surface area contributed by atoms with Gasteiger partial charge in [-0.2, -0.15) is 4.31 Å². The van der Waals surface area contributed by atoms with Crippen LogP contribution in [-0.2, 0) is 26.2 Å². The van der Waals surface area contributed by atoms with E-state index in [2.05, 4.69) is 11.9 Å². The zero-order chi connectivity index (χ0) is 23.8. The van der Waals surface area contributed by atoms with Crippen molar-refractivity contribution in [3.63, 3.8) is 0 Å². The Hall–Kier alpha value is -2.79. The van der Waals surface area contributed by atoms with Crippen molar-refractivity contribution in [2.45, 2.75) is 44.0 Å². The monoisotopic (exact) mass is 475 g/mol. The molecule has 0 atom stereocenters. The van der Waals surface area contributed by atoms with Crippen molar-refractivity contribution in [1.82, 2.24) is 18.8 Å². The van der Waals surface area contributed by atoms with Crippen LogP contribution in [-0.4, -0.2) is 65.2 Å². The third-order valence-corrected chi connectivity index (χ3v) is 8.63. The zero-order valence-corrected chi connectivity index (χ0v) is 19.5. The maximum atomic E-state index is 13.1. The molecule has 11 heteroatoms. The van der Waals surface area contributed by atoms with Crippen molar-refractivity contribution in [3.05, 3.63) is 34.9 Å². The Bertz CT molecular complexity index is 1230. The van der Waals surface area contributed by atoms with E-state index < -0.39 is 15.6 Å². The molecule has 2 fully saturated rings. The van der Waals surface area contributed by atoms with Gasteiger partial charge in [0.25, 0.3) is 5.56 Å². The van der Waals surface area contributed by atoms with Crippen LogP contribution in [0, 0.1) is 11.8 Å². The number of nitrogens with two attached hydrogens (primary N) is 1. The summed E-state index contributed by atoms with van der Waals surface area (Å²) >= 11 is 0. The fourth-order valence-electron chi connectivity index (χ4n) is 4.44. The molecule has 3 heterocycles. The van der Waals surface area contributed by atoms with E-state index in [-0.39, 0.29) is 34.6 Å². The van der Waals surface area contributed by atoms with E-state index in [0.717, 1.165) is 12.8 Å². The van der Waals surface area contributed by atoms with E-state index >= 15 is 0 Å². The van der Waals surface area contributed by atoms with Crippen LogP contribution in [0.4, 0.5) is 0 Å². The second-order valence-corrected chi connectivity index (χ2v) is 10.9. The number of hydrogen-bond acceptors (Lipinski definition) is 6. The van der Waals surface area contributed by atoms with Crippen LogP contribution >= 0.6 is 0 Å². The standard InChI is InChI=1S/C22H29N5O5S/c1-15-4-10-27(11-5-15)33(31,32)17-2-3-19-18(12-17)22(30)26(14-24-19)13-20(28)25-8-6-16(7-9-25)21(23)29/h2-3,12,14-16H,4-11,13H2,1H3,(H2,23,29). The summed E-state index contributed by atoms with van der Waals surface area (Å²) in [4.78, 5) is 43.0. The van der Waals surface area contributed by atoms with Gasteiger partial charge in [0.15, 0.2) is 0 Å². The van der Waals surface area contributed by atoms with E-state index in [1.165, 1.54) is 33.4 Å². The van der Waals surface area contributed by atoms with E-state index in [9.17, 15) is 22.8 Å². The molecule has 0 radical (unpaired) electrons. The van der Waals surface area contributed by atoms with Gasteiger partial charge in [-0.25, -0.2) is 13.4 Å². The Kier molecular flexibility index (Phi) is 6.53. The summed E-state index contributed by atoms with van der Waals surface area (Å²) in [6.07, 6.45) is 3.92. The SMILES string of the molecule is CC1CCN(S(=O)(=O)c2ccc3ncn(CC(=O)N4CCC(C(N)=O)CC4)c(=O)c3c2)CC1. The summed E-state index contributed by atoms with van der Waals surface area (Å²) in [5.74, 6) is -0.361. The summed E-state index contributed by atoms with van der Waals surface area (Å²) in [7, 11) is -3.71. The third-order valence-electron chi connectivity index (χ3n) is 6.73. The third kappa shape index (κ3) is 4.79. The predicted octanol–water partition coefficient (Wildman–Crippen LogP) is 0.541. The van der Waals surface area contributed by atoms with Crippen molar-refractivity contribution in [2.24, 2.45) is 17.6 Å². The van der Waals surface area contributed by atoms with Crippen LogP contribution in [0.1, 0.15) is 32.6 Å². The maximum Gasteiger partial charge on any atom is 0.261 e. The van der Waals surface area contributed by atoms with Crippen molar-refractivity contribution < 1.29 is 18.0 Å². The van der Waals surface area contributed by atoms with Crippen molar-refractivity contribution >= 4 is 32.7 Å². The molecule has 0 aliphatic carbocycles. The Morgan fingerprint density at radius 1 is 1.09 bits per heavy atom. The number of benzene rings is 1. The van der Waals surface area contributed by atoms with Crippen molar-refractivity contribution in [1.29, 1.82) is 0 Å². The molecule has 0 spiro atoms. The molecule has 1 aromatic heterocycles. The Morgan fingerprint density at radius 3 is 2.39 bits per heavy atom. The second kappa shape index (κ2) is 9.22. The van der Waals surface area contributed by atoms with Gasteiger partial charge in [0.2, 0.25) is 21.8 Å². The number of carbonyl (C=O) groups excluding carboxylic acids is 2. The molecule has 0 saturated carbocycles. The average Bonchev–Trinajstić information content (AvgIpc) is 2.81. The van der Waals surface area contributed by atoms with Gasteiger partial charge < -0.3 is 10.6 Å². The summed E-state index contributed by atoms with van der Waals surface area (Å²) in [6, 6.07) is 4.36. The molecule has 1 aromatic carbocycles. The van der Waals surface area contributed by atoms with E-state index in [4.69, 9.17) is 5.73 Å². The molecule has 0 unspecified atom stereocenters. The van der Waals surface area contributed by atoms with Gasteiger partial charge in [0.05, 0.1) is 22.1 Å². The number of fused-ring (bicyclic) bond motifs is 1. The van der Waals surface area contributed by atoms with Gasteiger partial charge in [-0.1, -0.05) is 6.92 Å². The first kappa shape index (κ1) is 23.4. The molecule has 2 saturated heterocycles. The van der Waals surface area contributed by atoms with Crippen LogP contribution < -0.4 is 11.3 Å². The van der Waals surface area contributed by atoms with E-state index in [0.29, 0.717) is 50.5 Å². The largest absolute Gasteiger partial charge is 0.369 e. The number of aromatic nitrogens is 2. The number of rotatable bonds is 5. The van der Waals surface area contributed by atoms with E-state index in [1.807, 2.05) is 0 Å². The predicted molar refractivity (Wildman–Crippen MR) is 122 cm³/mol. The summed E-state index contributed by atoms with van der Waals surface area (Å²) in [6.45, 7) is 3.62. The summed E-state index contributed by atoms with van der Waals surface area (Å²) < 4.78 is 28.8. The Balaban J connectivity index is 1.55. The maximum absolute atomic E-state index is 13.1. The Morgan fingerprint density at radius 2 is 1.76 bits per heavy atom. The summed E-state index contributed by atoms with van der Waals surface area (Å²) in [5, 5.41) is 0.157. The number of sulfonamides is 1. The Labute approximate surface area is 192 Å². The van der Waals surface area contributed by atoms with Crippen molar-refractivity contribution in [2.75, 3.05) is 26.2 Å². The topological polar surface area (TPSA) is 136 Å². The van der Waals surface area contributed by atoms with Crippen LogP contribution in [0.3, 0.4) is 0 Å². The fraction of sp³-hybridized carbons (Fsp3) is 0.545. The lowest BCUT2D eigenvalue weighted by Crippen LogP contribution is -2.43. The first-order chi connectivity index (χ1) is 15.7. The minimum atomic E-state index is -3.71. The lowest BCUT2D eigenvalue weighted by Gasteiger charge is -2.30. The number of nitrogens with zero attached hydrogens (tertiary/aromatic N) is 4. The average molecular weight is 476 g/mol. The van der Waals surface area contributed by atoms with Gasteiger partial charge in [-0.05, 0) is 49.8 Å². The molecule has 33 heavy (non-hydrogen) atoms. The van der Waals surface area contributed by atoms with Gasteiger partial charge in [-0.15, -0.1) is 0 Å². The lowest BCUT2D eigenvalue weighted by molar-refractivity contribution is -0.135. The lowest BCUT2D eigenvalue weighted by atomic mass is 9.96. The fourth-order valence-corrected chi connectivity index (χ4v) is 5.94. The number of carbonyl (C=O) groups is 2. The molecule has 2 aromatic rings. The van der Waals surface area contributed by atoms with Crippen molar-refractivity contribution in [3.8, 4) is 0 Å². The van der Waals surface area contributed by atoms with Gasteiger partial charge in [0.1, 0.15) is 6.54 Å². The zero-order valence-electron chi connectivity index (χ0n) is 18.6. The smallest absolute Gasteiger partial charge is 0.261 e. The highest BCUT2D eigenvalue weighted by Gasteiger charge is 2.29. The van der Waals surface area contributed by atoms with Gasteiger partial charge in [-0.3, -0.25) is 19.0 Å². The molecule has 10 nitrogen and oxygen atoms in total. The van der Waals surface area contributed by atoms with Crippen LogP contribution in [0.5, 0.6) is 0 Å². The number of amides is 2. The molecule has 2 aliphatic rings. The quantitative estimate of drug-likeness (QED) is 0.670. The van der Waals surface area contributed by atoms with Gasteiger partial charge in [0, 0.05) is 32.1 Å². The molecule has 178 valence electrons. The second-order valence-electron chi connectivity index (χ2n) is 9.00. The molecule has 0 bridgehead atoms. The molecule has 2 aliphatic heterocycles. The number of hydrogen-bond donors (Lipinski definition) is 1. The molecule has 2 N–H and O–H groups in total. The number of likely N-dealkylation sites (tertiary alicyclic amines) is 1. The van der Waals surface area contributed by atoms with Gasteiger partial charge >= 0.3 is 0 Å². The number of primary amides is 1. The molecule has 2 amide bonds. The van der Waals surface area contributed by atoms with Crippen LogP contribution in [0.25, 0.3) is 10.9 Å². The first-order valence-electron chi connectivity index (χ1n) is 11.2. The molecular weight excluding hydrogens is 446 g/mol. The van der Waals surface area contributed by atoms with Crippen LogP contribution in [0.15, 0.2) is 34.2 Å². The summed E-state index contributed by atoms with van der Waals surface area (Å²) in [5.41, 5.74) is 5.24. The highest BCUT2D eigenvalue weighted by atomic mass is 32.2. The van der Waals surface area contributed by atoms with Crippen LogP contribution in [0.2, 0.25) is 0 Å². The number of piperidine rings is 2. The van der Waals surface area contributed by atoms with E-state index in [1.54, 1.807) is 4.90 Å². The normalized spacial score (nSPS) is 19.1. The minimum Gasteiger partial charge on any atom is -0.369 e. The first-order valence-corrected chi connectivity index (χ1v) is 12.7. The molecular formula is C22H29N5O5S. The highest BCUT2D eigenvalue weighted by molar-refractivity contribution is 7.89. The highest BCUT2D eigenvalue weighted by Crippen LogP contribution is 2.25. The minimum absolute atomic E-state index is 0.0565.